The minimum absolute atomic E-state index is 0.506. The van der Waals surface area contributed by atoms with Gasteiger partial charge in [0.2, 0.25) is 0 Å². The molecule has 2 heteroatoms. The highest BCUT2D eigenvalue weighted by Gasteiger charge is 2.10. The molecule has 0 aliphatic heterocycles. The SMILES string of the molecule is CCCNC(CSCC)c1cccc(CC)c1. The highest BCUT2D eigenvalue weighted by molar-refractivity contribution is 7.99. The first kappa shape index (κ1) is 14.6. The van der Waals surface area contributed by atoms with Crippen LogP contribution in [0.15, 0.2) is 24.3 Å². The summed E-state index contributed by atoms with van der Waals surface area (Å²) in [5, 5.41) is 3.65. The Morgan fingerprint density at radius 2 is 2.06 bits per heavy atom. The lowest BCUT2D eigenvalue weighted by Gasteiger charge is -2.19. The van der Waals surface area contributed by atoms with Crippen molar-refractivity contribution in [1.82, 2.24) is 5.32 Å². The van der Waals surface area contributed by atoms with Crippen LogP contribution in [0.5, 0.6) is 0 Å². The van der Waals surface area contributed by atoms with Crippen LogP contribution in [0.3, 0.4) is 0 Å². The Bertz CT molecular complexity index is 304. The van der Waals surface area contributed by atoms with E-state index in [2.05, 4.69) is 50.4 Å². The Morgan fingerprint density at radius 1 is 1.24 bits per heavy atom. The van der Waals surface area contributed by atoms with Gasteiger partial charge in [0.1, 0.15) is 0 Å². The number of aryl methyl sites for hydroxylation is 1. The predicted octanol–water partition coefficient (Wildman–Crippen LogP) is 4.04. The Morgan fingerprint density at radius 3 is 2.71 bits per heavy atom. The summed E-state index contributed by atoms with van der Waals surface area (Å²) in [6.07, 6.45) is 2.32. The first-order valence-corrected chi connectivity index (χ1v) is 7.87. The molecular weight excluding hydrogens is 226 g/mol. The molecule has 1 atom stereocenters. The van der Waals surface area contributed by atoms with Crippen LogP contribution in [0.1, 0.15) is 44.4 Å². The van der Waals surface area contributed by atoms with Gasteiger partial charge in [-0.3, -0.25) is 0 Å². The van der Waals surface area contributed by atoms with Gasteiger partial charge in [-0.1, -0.05) is 45.0 Å². The summed E-state index contributed by atoms with van der Waals surface area (Å²) >= 11 is 2.01. The Hall–Kier alpha value is -0.470. The molecule has 0 spiro atoms. The second-order valence-electron chi connectivity index (χ2n) is 4.26. The molecule has 0 radical (unpaired) electrons. The third-order valence-electron chi connectivity index (χ3n) is 2.89. The van der Waals surface area contributed by atoms with Gasteiger partial charge in [0, 0.05) is 11.8 Å². The molecule has 0 bridgehead atoms. The van der Waals surface area contributed by atoms with E-state index in [4.69, 9.17) is 0 Å². The average molecular weight is 251 g/mol. The lowest BCUT2D eigenvalue weighted by atomic mass is 10.0. The fourth-order valence-corrected chi connectivity index (χ4v) is 2.64. The first-order chi connectivity index (χ1) is 8.31. The topological polar surface area (TPSA) is 12.0 Å². The largest absolute Gasteiger partial charge is 0.309 e. The average Bonchev–Trinajstić information content (AvgIpc) is 2.39. The molecule has 0 aliphatic rings. The van der Waals surface area contributed by atoms with Crippen LogP contribution < -0.4 is 5.32 Å². The van der Waals surface area contributed by atoms with Gasteiger partial charge >= 0.3 is 0 Å². The summed E-state index contributed by atoms with van der Waals surface area (Å²) in [4.78, 5) is 0. The van der Waals surface area contributed by atoms with Crippen LogP contribution >= 0.6 is 11.8 Å². The second-order valence-corrected chi connectivity index (χ2v) is 5.58. The van der Waals surface area contributed by atoms with Gasteiger partial charge in [0.05, 0.1) is 0 Å². The molecule has 96 valence electrons. The van der Waals surface area contributed by atoms with E-state index < -0.39 is 0 Å². The molecule has 0 saturated heterocycles. The van der Waals surface area contributed by atoms with Crippen molar-refractivity contribution in [2.45, 2.75) is 39.7 Å². The number of nitrogens with one attached hydrogen (secondary N) is 1. The molecular formula is C15H25NS. The highest BCUT2D eigenvalue weighted by atomic mass is 32.2. The summed E-state index contributed by atoms with van der Waals surface area (Å²) in [5.74, 6) is 2.36. The molecule has 0 aliphatic carbocycles. The van der Waals surface area contributed by atoms with E-state index in [1.807, 2.05) is 11.8 Å². The molecule has 0 amide bonds. The summed E-state index contributed by atoms with van der Waals surface area (Å²) in [7, 11) is 0. The van der Waals surface area contributed by atoms with Gasteiger partial charge in [-0.15, -0.1) is 0 Å². The van der Waals surface area contributed by atoms with Gasteiger partial charge in [0.25, 0.3) is 0 Å². The van der Waals surface area contributed by atoms with Crippen molar-refractivity contribution >= 4 is 11.8 Å². The van der Waals surface area contributed by atoms with Crippen LogP contribution in [-0.2, 0) is 6.42 Å². The maximum Gasteiger partial charge on any atom is 0.0411 e. The molecule has 0 saturated carbocycles. The van der Waals surface area contributed by atoms with Gasteiger partial charge in [-0.25, -0.2) is 0 Å². The highest BCUT2D eigenvalue weighted by Crippen LogP contribution is 2.19. The zero-order chi connectivity index (χ0) is 12.5. The van der Waals surface area contributed by atoms with Crippen LogP contribution in [0.2, 0.25) is 0 Å². The zero-order valence-electron chi connectivity index (χ0n) is 11.3. The van der Waals surface area contributed by atoms with Gasteiger partial charge in [-0.05, 0) is 36.3 Å². The van der Waals surface area contributed by atoms with Crippen molar-refractivity contribution in [1.29, 1.82) is 0 Å². The van der Waals surface area contributed by atoms with Crippen molar-refractivity contribution in [2.24, 2.45) is 0 Å². The standard InChI is InChI=1S/C15H25NS/c1-4-10-16-15(12-17-6-3)14-9-7-8-13(5-2)11-14/h7-9,11,15-16H,4-6,10,12H2,1-3H3. The molecule has 1 aromatic rings. The molecule has 1 aromatic carbocycles. The van der Waals surface area contributed by atoms with E-state index in [1.165, 1.54) is 29.1 Å². The van der Waals surface area contributed by atoms with Crippen molar-refractivity contribution in [2.75, 3.05) is 18.1 Å². The fourth-order valence-electron chi connectivity index (χ4n) is 1.86. The monoisotopic (exact) mass is 251 g/mol. The minimum Gasteiger partial charge on any atom is -0.309 e. The second kappa shape index (κ2) is 8.60. The number of hydrogen-bond donors (Lipinski definition) is 1. The van der Waals surface area contributed by atoms with Crippen LogP contribution in [0.4, 0.5) is 0 Å². The molecule has 1 N–H and O–H groups in total. The van der Waals surface area contributed by atoms with Crippen molar-refractivity contribution in [3.63, 3.8) is 0 Å². The van der Waals surface area contributed by atoms with E-state index in [1.54, 1.807) is 0 Å². The number of benzene rings is 1. The molecule has 0 heterocycles. The number of hydrogen-bond acceptors (Lipinski definition) is 2. The van der Waals surface area contributed by atoms with E-state index in [0.29, 0.717) is 6.04 Å². The van der Waals surface area contributed by atoms with Gasteiger partial charge in [0.15, 0.2) is 0 Å². The van der Waals surface area contributed by atoms with Crippen molar-refractivity contribution < 1.29 is 0 Å². The first-order valence-electron chi connectivity index (χ1n) is 6.71. The van der Waals surface area contributed by atoms with E-state index in [-0.39, 0.29) is 0 Å². The quantitative estimate of drug-likeness (QED) is 0.748. The normalized spacial score (nSPS) is 12.6. The predicted molar refractivity (Wildman–Crippen MR) is 79.9 cm³/mol. The summed E-state index contributed by atoms with van der Waals surface area (Å²) in [5.41, 5.74) is 2.88. The lowest BCUT2D eigenvalue weighted by Crippen LogP contribution is -2.24. The maximum absolute atomic E-state index is 3.65. The Balaban J connectivity index is 2.71. The summed E-state index contributed by atoms with van der Waals surface area (Å²) in [6.45, 7) is 7.77. The van der Waals surface area contributed by atoms with E-state index >= 15 is 0 Å². The molecule has 17 heavy (non-hydrogen) atoms. The summed E-state index contributed by atoms with van der Waals surface area (Å²) in [6, 6.07) is 9.51. The maximum atomic E-state index is 3.65. The minimum atomic E-state index is 0.506. The van der Waals surface area contributed by atoms with E-state index in [9.17, 15) is 0 Å². The molecule has 1 nitrogen and oxygen atoms in total. The number of rotatable bonds is 8. The summed E-state index contributed by atoms with van der Waals surface area (Å²) < 4.78 is 0. The molecule has 0 aromatic heterocycles. The van der Waals surface area contributed by atoms with Gasteiger partial charge in [-0.2, -0.15) is 11.8 Å². The van der Waals surface area contributed by atoms with Crippen LogP contribution in [0, 0.1) is 0 Å². The van der Waals surface area contributed by atoms with Crippen LogP contribution in [0.25, 0.3) is 0 Å². The molecule has 0 fully saturated rings. The van der Waals surface area contributed by atoms with Crippen molar-refractivity contribution in [3.8, 4) is 0 Å². The smallest absolute Gasteiger partial charge is 0.0411 e. The third-order valence-corrected chi connectivity index (χ3v) is 3.87. The third kappa shape index (κ3) is 5.13. The zero-order valence-corrected chi connectivity index (χ0v) is 12.1. The molecule has 1 rings (SSSR count). The van der Waals surface area contributed by atoms with E-state index in [0.717, 1.165) is 13.0 Å². The Labute approximate surface area is 110 Å². The Kier molecular flexibility index (Phi) is 7.38. The van der Waals surface area contributed by atoms with Gasteiger partial charge < -0.3 is 5.32 Å². The number of thioether (sulfide) groups is 1. The van der Waals surface area contributed by atoms with Crippen LogP contribution in [-0.4, -0.2) is 18.1 Å². The van der Waals surface area contributed by atoms with Crippen molar-refractivity contribution in [3.05, 3.63) is 35.4 Å². The lowest BCUT2D eigenvalue weighted by molar-refractivity contribution is 0.577. The fraction of sp³-hybridized carbons (Fsp3) is 0.600. The molecule has 1 unspecified atom stereocenters.